The van der Waals surface area contributed by atoms with Gasteiger partial charge in [0.15, 0.2) is 0 Å². The van der Waals surface area contributed by atoms with Crippen LogP contribution < -0.4 is 11.1 Å². The number of fused-ring (bicyclic) bond motifs is 4. The van der Waals surface area contributed by atoms with E-state index >= 15 is 0 Å². The Morgan fingerprint density at radius 2 is 2.00 bits per heavy atom. The number of hydrogen-bond acceptors (Lipinski definition) is 5. The lowest BCUT2D eigenvalue weighted by atomic mass is 9.72. The summed E-state index contributed by atoms with van der Waals surface area (Å²) in [6.45, 7) is 3.22. The number of nitrogens with zero attached hydrogens (tertiary/aromatic N) is 2. The Kier molecular flexibility index (Phi) is 4.67. The molecule has 1 aromatic rings. The van der Waals surface area contributed by atoms with Gasteiger partial charge in [0.2, 0.25) is 11.8 Å². The number of amides is 3. The van der Waals surface area contributed by atoms with Crippen molar-refractivity contribution in [3.63, 3.8) is 0 Å². The van der Waals surface area contributed by atoms with Crippen molar-refractivity contribution in [1.82, 2.24) is 15.1 Å². The molecule has 6 rings (SSSR count). The van der Waals surface area contributed by atoms with Crippen LogP contribution in [0.1, 0.15) is 53.6 Å². The summed E-state index contributed by atoms with van der Waals surface area (Å²) in [5.41, 5.74) is 8.89. The number of rotatable bonds is 4. The molecule has 7 nitrogen and oxygen atoms in total. The van der Waals surface area contributed by atoms with Gasteiger partial charge >= 0.3 is 0 Å². The van der Waals surface area contributed by atoms with Crippen LogP contribution >= 0.6 is 0 Å². The Labute approximate surface area is 170 Å². The van der Waals surface area contributed by atoms with Gasteiger partial charge in [0.05, 0.1) is 0 Å². The number of piperidine rings is 3. The highest BCUT2D eigenvalue weighted by Gasteiger charge is 2.41. The fourth-order valence-corrected chi connectivity index (χ4v) is 5.85. The van der Waals surface area contributed by atoms with Gasteiger partial charge in [-0.2, -0.15) is 0 Å². The molecule has 0 spiro atoms. The van der Waals surface area contributed by atoms with E-state index in [0.717, 1.165) is 31.1 Å². The van der Waals surface area contributed by atoms with Crippen LogP contribution in [0.3, 0.4) is 0 Å². The molecule has 29 heavy (non-hydrogen) atoms. The third-order valence-electron chi connectivity index (χ3n) is 7.29. The van der Waals surface area contributed by atoms with Gasteiger partial charge in [0.1, 0.15) is 6.04 Å². The lowest BCUT2D eigenvalue weighted by Gasteiger charge is -2.50. The number of benzene rings is 1. The highest BCUT2D eigenvalue weighted by Crippen LogP contribution is 2.39. The standard InChI is InChI=1S/C22H28N4O3/c23-9-15-7-14-2-4-18(15)25(11-14)10-13-1-3-17-16(8-13)12-26(22(17)29)19-5-6-20(27)24-21(19)28/h1,3,8,14-15,18-19H,2,4-7,9-12,23H2,(H,24,27,28). The second-order valence-electron chi connectivity index (χ2n) is 9.06. The first-order valence-electron chi connectivity index (χ1n) is 10.7. The highest BCUT2D eigenvalue weighted by molar-refractivity contribution is 6.05. The SMILES string of the molecule is NCC1CC2CCC1N(Cc1ccc3c(c1)CN(C1CCC(=O)NC1=O)C3=O)C2. The first-order valence-corrected chi connectivity index (χ1v) is 10.7. The summed E-state index contributed by atoms with van der Waals surface area (Å²) in [5, 5.41) is 2.36. The maximum atomic E-state index is 12.8. The molecule has 7 heteroatoms. The van der Waals surface area contributed by atoms with Crippen molar-refractivity contribution in [1.29, 1.82) is 0 Å². The minimum Gasteiger partial charge on any atom is -0.330 e. The van der Waals surface area contributed by atoms with E-state index in [9.17, 15) is 14.4 Å². The molecule has 0 radical (unpaired) electrons. The van der Waals surface area contributed by atoms with Gasteiger partial charge in [-0.05, 0) is 61.3 Å². The number of nitrogens with two attached hydrogens (primary N) is 1. The van der Waals surface area contributed by atoms with Crippen molar-refractivity contribution < 1.29 is 14.4 Å². The van der Waals surface area contributed by atoms with Crippen LogP contribution in [0, 0.1) is 11.8 Å². The van der Waals surface area contributed by atoms with Crippen LogP contribution in [0.25, 0.3) is 0 Å². The number of imide groups is 1. The summed E-state index contributed by atoms with van der Waals surface area (Å²) in [5.74, 6) is 0.625. The average molecular weight is 396 g/mol. The van der Waals surface area contributed by atoms with Gasteiger partial charge in [-0.15, -0.1) is 0 Å². The lowest BCUT2D eigenvalue weighted by molar-refractivity contribution is -0.136. The monoisotopic (exact) mass is 396 g/mol. The Hall–Kier alpha value is -2.25. The van der Waals surface area contributed by atoms with Gasteiger partial charge in [-0.1, -0.05) is 12.1 Å². The molecule has 4 aliphatic heterocycles. The van der Waals surface area contributed by atoms with Crippen molar-refractivity contribution >= 4 is 17.7 Å². The maximum absolute atomic E-state index is 12.8. The van der Waals surface area contributed by atoms with Gasteiger partial charge in [0, 0.05) is 37.7 Å². The molecule has 3 saturated heterocycles. The molecule has 4 atom stereocenters. The van der Waals surface area contributed by atoms with Gasteiger partial charge < -0.3 is 10.6 Å². The largest absolute Gasteiger partial charge is 0.330 e. The first-order chi connectivity index (χ1) is 14.0. The van der Waals surface area contributed by atoms with Crippen molar-refractivity contribution in [2.45, 2.75) is 57.3 Å². The molecule has 3 N–H and O–H groups in total. The molecule has 154 valence electrons. The van der Waals surface area contributed by atoms with Crippen molar-refractivity contribution in [3.05, 3.63) is 34.9 Å². The Morgan fingerprint density at radius 1 is 1.14 bits per heavy atom. The van der Waals surface area contributed by atoms with E-state index in [1.54, 1.807) is 4.90 Å². The average Bonchev–Trinajstić information content (AvgIpc) is 3.04. The van der Waals surface area contributed by atoms with Crippen LogP contribution in [0.2, 0.25) is 0 Å². The second-order valence-corrected chi connectivity index (χ2v) is 9.06. The highest BCUT2D eigenvalue weighted by atomic mass is 16.2. The van der Waals surface area contributed by atoms with Gasteiger partial charge in [-0.25, -0.2) is 0 Å². The normalized spacial score (nSPS) is 31.9. The third-order valence-corrected chi connectivity index (χ3v) is 7.29. The van der Waals surface area contributed by atoms with Gasteiger partial charge in [0.25, 0.3) is 5.91 Å². The van der Waals surface area contributed by atoms with E-state index in [2.05, 4.69) is 16.3 Å². The molecule has 1 aromatic carbocycles. The zero-order valence-corrected chi connectivity index (χ0v) is 16.6. The zero-order valence-electron chi connectivity index (χ0n) is 16.6. The van der Waals surface area contributed by atoms with Crippen LogP contribution in [-0.2, 0) is 22.7 Å². The first kappa shape index (κ1) is 18.8. The Morgan fingerprint density at radius 3 is 2.76 bits per heavy atom. The van der Waals surface area contributed by atoms with E-state index in [0.29, 0.717) is 30.5 Å². The van der Waals surface area contributed by atoms with E-state index < -0.39 is 6.04 Å². The molecule has 5 aliphatic rings. The van der Waals surface area contributed by atoms with Crippen molar-refractivity contribution in [3.8, 4) is 0 Å². The zero-order chi connectivity index (χ0) is 20.1. The van der Waals surface area contributed by atoms with Crippen LogP contribution in [-0.4, -0.2) is 52.7 Å². The van der Waals surface area contributed by atoms with Gasteiger partial charge in [-0.3, -0.25) is 24.6 Å². The molecule has 2 bridgehead atoms. The number of carbonyl (C=O) groups is 3. The van der Waals surface area contributed by atoms with Crippen molar-refractivity contribution in [2.75, 3.05) is 13.1 Å². The molecular formula is C22H28N4O3. The molecule has 0 aromatic heterocycles. The molecule has 1 aliphatic carbocycles. The van der Waals surface area contributed by atoms with Crippen LogP contribution in [0.5, 0.6) is 0 Å². The van der Waals surface area contributed by atoms with E-state index in [1.165, 1.54) is 24.8 Å². The Balaban J connectivity index is 1.31. The quantitative estimate of drug-likeness (QED) is 0.741. The smallest absolute Gasteiger partial charge is 0.255 e. The fraction of sp³-hybridized carbons (Fsp3) is 0.591. The fourth-order valence-electron chi connectivity index (χ4n) is 5.85. The predicted octanol–water partition coefficient (Wildman–Crippen LogP) is 1.01. The lowest BCUT2D eigenvalue weighted by Crippen LogP contribution is -2.54. The maximum Gasteiger partial charge on any atom is 0.255 e. The Bertz CT molecular complexity index is 870. The molecular weight excluding hydrogens is 368 g/mol. The summed E-state index contributed by atoms with van der Waals surface area (Å²) in [4.78, 5) is 40.7. The van der Waals surface area contributed by atoms with Crippen molar-refractivity contribution in [2.24, 2.45) is 17.6 Å². The number of nitrogens with one attached hydrogen (secondary N) is 1. The molecule has 4 heterocycles. The summed E-state index contributed by atoms with van der Waals surface area (Å²) < 4.78 is 0. The molecule has 4 unspecified atom stereocenters. The van der Waals surface area contributed by atoms with Crippen LogP contribution in [0.4, 0.5) is 0 Å². The minimum atomic E-state index is -0.556. The topological polar surface area (TPSA) is 95.7 Å². The third kappa shape index (κ3) is 3.26. The molecule has 1 saturated carbocycles. The molecule has 3 amide bonds. The second kappa shape index (κ2) is 7.22. The summed E-state index contributed by atoms with van der Waals surface area (Å²) in [6, 6.07) is 6.09. The summed E-state index contributed by atoms with van der Waals surface area (Å²) in [6.07, 6.45) is 4.49. The minimum absolute atomic E-state index is 0.110. The number of hydrogen-bond donors (Lipinski definition) is 2. The molecule has 4 fully saturated rings. The van der Waals surface area contributed by atoms with E-state index in [-0.39, 0.29) is 24.1 Å². The van der Waals surface area contributed by atoms with Crippen LogP contribution in [0.15, 0.2) is 18.2 Å². The summed E-state index contributed by atoms with van der Waals surface area (Å²) >= 11 is 0. The van der Waals surface area contributed by atoms with E-state index in [4.69, 9.17) is 5.73 Å². The summed E-state index contributed by atoms with van der Waals surface area (Å²) in [7, 11) is 0. The van der Waals surface area contributed by atoms with E-state index in [1.807, 2.05) is 12.1 Å². The predicted molar refractivity (Wildman–Crippen MR) is 107 cm³/mol. The number of carbonyl (C=O) groups excluding carboxylic acids is 3.